The molecule has 0 amide bonds. The van der Waals surface area contributed by atoms with Gasteiger partial charge >= 0.3 is 6.18 Å². The Balaban J connectivity index is 1.86. The first-order chi connectivity index (χ1) is 14.0. The lowest BCUT2D eigenvalue weighted by Crippen LogP contribution is -2.35. The van der Waals surface area contributed by atoms with Crippen LogP contribution in [0.5, 0.6) is 5.75 Å². The van der Waals surface area contributed by atoms with Gasteiger partial charge in [-0.15, -0.1) is 0 Å². The maximum Gasteiger partial charge on any atom is 0.416 e. The highest BCUT2D eigenvalue weighted by atomic mass is 19.4. The lowest BCUT2D eigenvalue weighted by molar-refractivity contribution is -0.702. The maximum absolute atomic E-state index is 13.3. The van der Waals surface area contributed by atoms with Gasteiger partial charge in [-0.3, -0.25) is 0 Å². The van der Waals surface area contributed by atoms with Crippen molar-refractivity contribution in [2.24, 2.45) is 0 Å². The molecule has 1 aromatic heterocycles. The normalized spacial score (nSPS) is 14.3. The first kappa shape index (κ1) is 19.6. The van der Waals surface area contributed by atoms with Gasteiger partial charge < -0.3 is 4.74 Å². The standard InChI is InChI=1S/C23H24F3N2O/c1-2-29-20-12-10-17(11-13-20)21-16-27-14-5-3-4-9-22(27)28(21)19-8-6-7-18(15-19)23(24,25)26/h6-8,10-13,15-16H,2-5,9,14H2,1H3/q+1. The van der Waals surface area contributed by atoms with E-state index in [0.717, 1.165) is 61.1 Å². The number of alkyl halides is 3. The molecule has 0 N–H and O–H groups in total. The van der Waals surface area contributed by atoms with Gasteiger partial charge in [-0.2, -0.15) is 17.7 Å². The first-order valence-electron chi connectivity index (χ1n) is 10.0. The molecule has 2 aromatic carbocycles. The Bertz CT molecular complexity index is 990. The largest absolute Gasteiger partial charge is 0.494 e. The second-order valence-corrected chi connectivity index (χ2v) is 7.28. The summed E-state index contributed by atoms with van der Waals surface area (Å²) in [6, 6.07) is 13.3. The molecule has 0 atom stereocenters. The van der Waals surface area contributed by atoms with Crippen LogP contribution in [0.25, 0.3) is 16.9 Å². The van der Waals surface area contributed by atoms with E-state index in [9.17, 15) is 13.2 Å². The molecule has 0 aliphatic carbocycles. The Morgan fingerprint density at radius 3 is 2.55 bits per heavy atom. The van der Waals surface area contributed by atoms with Crippen LogP contribution in [0.3, 0.4) is 0 Å². The average Bonchev–Trinajstić information content (AvgIpc) is 2.91. The Hall–Kier alpha value is -2.76. The fourth-order valence-corrected chi connectivity index (χ4v) is 3.94. The highest BCUT2D eigenvalue weighted by Crippen LogP contribution is 2.33. The third kappa shape index (κ3) is 4.02. The number of halogens is 3. The van der Waals surface area contributed by atoms with Gasteiger partial charge in [0.1, 0.15) is 17.6 Å². The third-order valence-electron chi connectivity index (χ3n) is 5.30. The van der Waals surface area contributed by atoms with Crippen molar-refractivity contribution in [1.82, 2.24) is 4.57 Å². The fourth-order valence-electron chi connectivity index (χ4n) is 3.94. The summed E-state index contributed by atoms with van der Waals surface area (Å²) in [7, 11) is 0. The molecular weight excluding hydrogens is 377 g/mol. The van der Waals surface area contributed by atoms with Crippen LogP contribution in [-0.2, 0) is 19.1 Å². The molecule has 0 fully saturated rings. The van der Waals surface area contributed by atoms with Crippen LogP contribution >= 0.6 is 0 Å². The van der Waals surface area contributed by atoms with Gasteiger partial charge in [0.15, 0.2) is 5.69 Å². The van der Waals surface area contributed by atoms with Crippen LogP contribution in [0, 0.1) is 0 Å². The smallest absolute Gasteiger partial charge is 0.416 e. The summed E-state index contributed by atoms with van der Waals surface area (Å²) >= 11 is 0. The van der Waals surface area contributed by atoms with Gasteiger partial charge in [0.05, 0.1) is 18.7 Å². The average molecular weight is 401 g/mol. The van der Waals surface area contributed by atoms with Crippen molar-refractivity contribution in [2.45, 2.75) is 45.3 Å². The van der Waals surface area contributed by atoms with Crippen LogP contribution in [0.2, 0.25) is 0 Å². The number of imidazole rings is 1. The summed E-state index contributed by atoms with van der Waals surface area (Å²) in [5.41, 5.74) is 1.75. The van der Waals surface area contributed by atoms with Crippen molar-refractivity contribution in [2.75, 3.05) is 6.61 Å². The van der Waals surface area contributed by atoms with Gasteiger partial charge in [0.2, 0.25) is 0 Å². The number of ether oxygens (including phenoxy) is 1. The molecule has 0 bridgehead atoms. The molecule has 1 aliphatic heterocycles. The molecular formula is C23H24F3N2O+. The fraction of sp³-hybridized carbons (Fsp3) is 0.348. The third-order valence-corrected chi connectivity index (χ3v) is 5.30. The van der Waals surface area contributed by atoms with Gasteiger partial charge in [0, 0.05) is 12.0 Å². The second-order valence-electron chi connectivity index (χ2n) is 7.28. The van der Waals surface area contributed by atoms with E-state index >= 15 is 0 Å². The summed E-state index contributed by atoms with van der Waals surface area (Å²) in [6.07, 6.45) is 1.78. The van der Waals surface area contributed by atoms with Crippen LogP contribution in [0.15, 0.2) is 54.7 Å². The van der Waals surface area contributed by atoms with Crippen LogP contribution < -0.4 is 9.30 Å². The Kier molecular flexibility index (Phi) is 5.35. The number of hydrogen-bond acceptors (Lipinski definition) is 1. The van der Waals surface area contributed by atoms with Crippen molar-refractivity contribution in [3.63, 3.8) is 0 Å². The molecule has 0 unspecified atom stereocenters. The summed E-state index contributed by atoms with van der Waals surface area (Å²) < 4.78 is 49.7. The quantitative estimate of drug-likeness (QED) is 0.522. The van der Waals surface area contributed by atoms with Gasteiger partial charge in [-0.05, 0) is 68.7 Å². The zero-order valence-electron chi connectivity index (χ0n) is 16.4. The van der Waals surface area contributed by atoms with E-state index in [-0.39, 0.29) is 0 Å². The molecule has 0 saturated carbocycles. The van der Waals surface area contributed by atoms with Crippen LogP contribution in [0.4, 0.5) is 13.2 Å². The summed E-state index contributed by atoms with van der Waals surface area (Å²) in [6.45, 7) is 3.40. The SMILES string of the molecule is CCOc1ccc(-c2c[n+]3c(n2-c2cccc(C(F)(F)F)c2)CCCCC3)cc1. The second kappa shape index (κ2) is 7.93. The topological polar surface area (TPSA) is 18.0 Å². The lowest BCUT2D eigenvalue weighted by Gasteiger charge is -2.10. The Labute approximate surface area is 168 Å². The number of rotatable bonds is 4. The van der Waals surface area contributed by atoms with Crippen LogP contribution in [-0.4, -0.2) is 11.2 Å². The first-order valence-corrected chi connectivity index (χ1v) is 10.0. The molecule has 0 radical (unpaired) electrons. The zero-order valence-corrected chi connectivity index (χ0v) is 16.4. The highest BCUT2D eigenvalue weighted by molar-refractivity contribution is 5.63. The van der Waals surface area contributed by atoms with E-state index in [4.69, 9.17) is 4.74 Å². The summed E-state index contributed by atoms with van der Waals surface area (Å²) in [5, 5.41) is 0. The molecule has 6 heteroatoms. The lowest BCUT2D eigenvalue weighted by atomic mass is 10.1. The molecule has 152 valence electrons. The molecule has 0 spiro atoms. The van der Waals surface area contributed by atoms with Crippen LogP contribution in [0.1, 0.15) is 37.6 Å². The number of aryl methyl sites for hydroxylation is 1. The van der Waals surface area contributed by atoms with E-state index in [1.54, 1.807) is 6.07 Å². The van der Waals surface area contributed by atoms with Crippen molar-refractivity contribution >= 4 is 0 Å². The Morgan fingerprint density at radius 2 is 1.83 bits per heavy atom. The minimum absolute atomic E-state index is 0.541. The molecule has 3 aromatic rings. The molecule has 29 heavy (non-hydrogen) atoms. The minimum atomic E-state index is -4.37. The number of hydrogen-bond donors (Lipinski definition) is 0. The van der Waals surface area contributed by atoms with E-state index in [0.29, 0.717) is 12.3 Å². The van der Waals surface area contributed by atoms with Crippen molar-refractivity contribution in [3.8, 4) is 22.7 Å². The number of aromatic nitrogens is 2. The molecule has 4 rings (SSSR count). The highest BCUT2D eigenvalue weighted by Gasteiger charge is 2.33. The van der Waals surface area contributed by atoms with E-state index in [2.05, 4.69) is 10.8 Å². The Morgan fingerprint density at radius 1 is 1.03 bits per heavy atom. The predicted molar refractivity (Wildman–Crippen MR) is 105 cm³/mol. The predicted octanol–water partition coefficient (Wildman–Crippen LogP) is 5.58. The number of nitrogens with zero attached hydrogens (tertiary/aromatic N) is 2. The van der Waals surface area contributed by atoms with Crippen molar-refractivity contribution in [1.29, 1.82) is 0 Å². The molecule has 1 aliphatic rings. The molecule has 0 saturated heterocycles. The van der Waals surface area contributed by atoms with Crippen molar-refractivity contribution in [3.05, 3.63) is 66.1 Å². The minimum Gasteiger partial charge on any atom is -0.494 e. The summed E-state index contributed by atoms with van der Waals surface area (Å²) in [5.74, 6) is 1.83. The monoisotopic (exact) mass is 401 g/mol. The summed E-state index contributed by atoms with van der Waals surface area (Å²) in [4.78, 5) is 0. The van der Waals surface area contributed by atoms with Gasteiger partial charge in [-0.1, -0.05) is 6.07 Å². The van der Waals surface area contributed by atoms with E-state index in [1.807, 2.05) is 35.8 Å². The van der Waals surface area contributed by atoms with Gasteiger partial charge in [0.25, 0.3) is 5.82 Å². The zero-order chi connectivity index (χ0) is 20.4. The number of fused-ring (bicyclic) bond motifs is 1. The molecule has 3 nitrogen and oxygen atoms in total. The molecule has 2 heterocycles. The van der Waals surface area contributed by atoms with Gasteiger partial charge in [-0.25, -0.2) is 4.57 Å². The number of benzene rings is 2. The maximum atomic E-state index is 13.3. The van der Waals surface area contributed by atoms with E-state index in [1.165, 1.54) is 12.1 Å². The van der Waals surface area contributed by atoms with E-state index < -0.39 is 11.7 Å². The van der Waals surface area contributed by atoms with Crippen molar-refractivity contribution < 1.29 is 22.5 Å².